The summed E-state index contributed by atoms with van der Waals surface area (Å²) in [6.45, 7) is 12.2. The van der Waals surface area contributed by atoms with Gasteiger partial charge in [0.15, 0.2) is 5.82 Å². The largest absolute Gasteiger partial charge is 0.340 e. The minimum absolute atomic E-state index is 0.0210. The van der Waals surface area contributed by atoms with E-state index < -0.39 is 0 Å². The van der Waals surface area contributed by atoms with Crippen LogP contribution in [0.3, 0.4) is 0 Å². The molecule has 0 atom stereocenters. The Morgan fingerprint density at radius 3 is 2.34 bits per heavy atom. The smallest absolute Gasteiger partial charge is 0.287 e. The molecule has 4 rings (SSSR count). The van der Waals surface area contributed by atoms with Crippen LogP contribution in [0.5, 0.6) is 0 Å². The number of hydrogen-bond acceptors (Lipinski definition) is 5. The Morgan fingerprint density at radius 2 is 1.63 bits per heavy atom. The molecule has 186 valence electrons. The second kappa shape index (κ2) is 12.0. The second-order valence-corrected chi connectivity index (χ2v) is 8.93. The summed E-state index contributed by atoms with van der Waals surface area (Å²) in [7, 11) is 0. The lowest BCUT2D eigenvalue weighted by Gasteiger charge is -2.35. The predicted octanol–water partition coefficient (Wildman–Crippen LogP) is 2.30. The number of carbonyl (C=O) groups is 2. The number of para-hydroxylation sites is 2. The van der Waals surface area contributed by atoms with Crippen LogP contribution in [0.15, 0.2) is 54.6 Å². The summed E-state index contributed by atoms with van der Waals surface area (Å²) in [6, 6.07) is 17.7. The minimum Gasteiger partial charge on any atom is -0.340 e. The molecular formula is C27H36N6O2. The summed E-state index contributed by atoms with van der Waals surface area (Å²) in [5.74, 6) is -0.0557. The maximum Gasteiger partial charge on any atom is 0.287 e. The lowest BCUT2D eigenvalue weighted by atomic mass is 10.2. The molecule has 8 nitrogen and oxygen atoms in total. The van der Waals surface area contributed by atoms with Gasteiger partial charge in [-0.1, -0.05) is 56.3 Å². The summed E-state index contributed by atoms with van der Waals surface area (Å²) in [5.41, 5.74) is 2.74. The topological polar surface area (TPSA) is 73.7 Å². The third-order valence-corrected chi connectivity index (χ3v) is 6.79. The molecule has 1 saturated heterocycles. The number of fused-ring (bicyclic) bond motifs is 1. The lowest BCUT2D eigenvalue weighted by molar-refractivity contribution is -0.131. The van der Waals surface area contributed by atoms with Crippen LogP contribution in [0.2, 0.25) is 0 Å². The van der Waals surface area contributed by atoms with Crippen molar-refractivity contribution in [3.05, 3.63) is 66.0 Å². The fraction of sp³-hybridized carbons (Fsp3) is 0.444. The van der Waals surface area contributed by atoms with Gasteiger partial charge in [0.2, 0.25) is 5.91 Å². The number of hydrogen-bond donors (Lipinski definition) is 1. The highest BCUT2D eigenvalue weighted by Crippen LogP contribution is 2.18. The normalized spacial score (nSPS) is 14.5. The Hall–Kier alpha value is -3.23. The molecule has 8 heteroatoms. The van der Waals surface area contributed by atoms with Crippen LogP contribution < -0.4 is 5.32 Å². The average Bonchev–Trinajstić information content (AvgIpc) is 3.27. The van der Waals surface area contributed by atoms with Gasteiger partial charge in [-0.05, 0) is 30.8 Å². The Bertz CT molecular complexity index is 1120. The molecule has 1 N–H and O–H groups in total. The zero-order valence-electron chi connectivity index (χ0n) is 20.8. The number of likely N-dealkylation sites (N-methyl/N-ethyl adjacent to an activating group) is 1. The standard InChI is InChI=1S/C27H36N6O2/c1-3-30(4-2)14-15-31-16-18-32(19-17-31)25(34)20-28-27(35)26-29-23-12-8-9-13-24(23)33(26)21-22-10-6-5-7-11-22/h5-13H,3-4,14-21H2,1-2H3,(H,28,35). The number of carbonyl (C=O) groups excluding carboxylic acids is 2. The summed E-state index contributed by atoms with van der Waals surface area (Å²) in [5, 5.41) is 2.82. The van der Waals surface area contributed by atoms with E-state index >= 15 is 0 Å². The van der Waals surface area contributed by atoms with Crippen LogP contribution in [0.4, 0.5) is 0 Å². The van der Waals surface area contributed by atoms with Crippen molar-refractivity contribution in [1.82, 2.24) is 29.6 Å². The van der Waals surface area contributed by atoms with Gasteiger partial charge in [-0.25, -0.2) is 4.98 Å². The maximum atomic E-state index is 13.1. The average molecular weight is 477 g/mol. The number of amides is 2. The van der Waals surface area contributed by atoms with Crippen molar-refractivity contribution < 1.29 is 9.59 Å². The first-order valence-corrected chi connectivity index (χ1v) is 12.6. The first kappa shape index (κ1) is 24.9. The van der Waals surface area contributed by atoms with E-state index in [2.05, 4.69) is 33.9 Å². The third-order valence-electron chi connectivity index (χ3n) is 6.79. The molecule has 1 aromatic heterocycles. The highest BCUT2D eigenvalue weighted by Gasteiger charge is 2.23. The van der Waals surface area contributed by atoms with Crippen LogP contribution >= 0.6 is 0 Å². The number of nitrogens with zero attached hydrogens (tertiary/aromatic N) is 5. The maximum absolute atomic E-state index is 13.1. The van der Waals surface area contributed by atoms with Gasteiger partial charge in [-0.2, -0.15) is 0 Å². The minimum atomic E-state index is -0.330. The van der Waals surface area contributed by atoms with Crippen molar-refractivity contribution in [3.63, 3.8) is 0 Å². The Morgan fingerprint density at radius 1 is 0.943 bits per heavy atom. The van der Waals surface area contributed by atoms with E-state index in [1.54, 1.807) is 0 Å². The molecule has 2 amide bonds. The number of aromatic nitrogens is 2. The molecule has 0 aliphatic carbocycles. The number of imidazole rings is 1. The van der Waals surface area contributed by atoms with Crippen LogP contribution in [-0.2, 0) is 11.3 Å². The number of benzene rings is 2. The SMILES string of the molecule is CCN(CC)CCN1CCN(C(=O)CNC(=O)c2nc3ccccc3n2Cc2ccccc2)CC1. The van der Waals surface area contributed by atoms with Crippen LogP contribution in [0, 0.1) is 0 Å². The first-order valence-electron chi connectivity index (χ1n) is 12.6. The van der Waals surface area contributed by atoms with Gasteiger partial charge in [0.25, 0.3) is 5.91 Å². The van der Waals surface area contributed by atoms with Crippen molar-refractivity contribution in [2.75, 3.05) is 58.9 Å². The van der Waals surface area contributed by atoms with Crippen LogP contribution in [0.1, 0.15) is 30.0 Å². The number of nitrogens with one attached hydrogen (secondary N) is 1. The molecular weight excluding hydrogens is 440 g/mol. The zero-order chi connectivity index (χ0) is 24.6. The van der Waals surface area contributed by atoms with Gasteiger partial charge in [0, 0.05) is 45.8 Å². The van der Waals surface area contributed by atoms with Gasteiger partial charge < -0.3 is 19.7 Å². The summed E-state index contributed by atoms with van der Waals surface area (Å²) in [4.78, 5) is 37.1. The molecule has 2 heterocycles. The molecule has 0 spiro atoms. The van der Waals surface area contributed by atoms with Gasteiger partial charge in [-0.3, -0.25) is 14.5 Å². The quantitative estimate of drug-likeness (QED) is 0.486. The van der Waals surface area contributed by atoms with E-state index in [4.69, 9.17) is 0 Å². The van der Waals surface area contributed by atoms with Crippen LogP contribution in [0.25, 0.3) is 11.0 Å². The van der Waals surface area contributed by atoms with Gasteiger partial charge in [-0.15, -0.1) is 0 Å². The van der Waals surface area contributed by atoms with Gasteiger partial charge in [0.05, 0.1) is 17.6 Å². The van der Waals surface area contributed by atoms with Crippen molar-refractivity contribution in [3.8, 4) is 0 Å². The molecule has 2 aromatic carbocycles. The summed E-state index contributed by atoms with van der Waals surface area (Å²) < 4.78 is 1.92. The Balaban J connectivity index is 1.34. The van der Waals surface area contributed by atoms with Crippen molar-refractivity contribution in [2.24, 2.45) is 0 Å². The molecule has 3 aromatic rings. The zero-order valence-corrected chi connectivity index (χ0v) is 20.8. The molecule has 0 saturated carbocycles. The highest BCUT2D eigenvalue weighted by atomic mass is 16.2. The Labute approximate surface area is 207 Å². The molecule has 1 fully saturated rings. The van der Waals surface area contributed by atoms with E-state index in [-0.39, 0.29) is 18.4 Å². The number of piperazine rings is 1. The monoisotopic (exact) mass is 476 g/mol. The predicted molar refractivity (Wildman–Crippen MR) is 138 cm³/mol. The lowest BCUT2D eigenvalue weighted by Crippen LogP contribution is -2.52. The van der Waals surface area contributed by atoms with Crippen molar-refractivity contribution >= 4 is 22.8 Å². The van der Waals surface area contributed by atoms with Crippen LogP contribution in [-0.4, -0.2) is 95.0 Å². The van der Waals surface area contributed by atoms with Crippen molar-refractivity contribution in [1.29, 1.82) is 0 Å². The third kappa shape index (κ3) is 6.26. The van der Waals surface area contributed by atoms with E-state index in [1.807, 2.05) is 64.1 Å². The molecule has 0 bridgehead atoms. The van der Waals surface area contributed by atoms with E-state index in [1.165, 1.54) is 0 Å². The van der Waals surface area contributed by atoms with E-state index in [9.17, 15) is 9.59 Å². The van der Waals surface area contributed by atoms with E-state index in [0.717, 1.165) is 55.9 Å². The van der Waals surface area contributed by atoms with Gasteiger partial charge in [0.1, 0.15) is 0 Å². The fourth-order valence-corrected chi connectivity index (χ4v) is 4.57. The number of rotatable bonds is 10. The van der Waals surface area contributed by atoms with E-state index in [0.29, 0.717) is 25.5 Å². The summed E-state index contributed by atoms with van der Waals surface area (Å²) >= 11 is 0. The highest BCUT2D eigenvalue weighted by molar-refractivity contribution is 5.96. The Kier molecular flexibility index (Phi) is 8.50. The molecule has 35 heavy (non-hydrogen) atoms. The second-order valence-electron chi connectivity index (χ2n) is 8.93. The molecule has 0 unspecified atom stereocenters. The molecule has 1 aliphatic rings. The molecule has 0 radical (unpaired) electrons. The molecule has 1 aliphatic heterocycles. The van der Waals surface area contributed by atoms with Crippen molar-refractivity contribution in [2.45, 2.75) is 20.4 Å². The fourth-order valence-electron chi connectivity index (χ4n) is 4.57. The van der Waals surface area contributed by atoms with Gasteiger partial charge >= 0.3 is 0 Å². The summed E-state index contributed by atoms with van der Waals surface area (Å²) in [6.07, 6.45) is 0. The first-order chi connectivity index (χ1) is 17.1.